The molecule has 0 spiro atoms. The lowest BCUT2D eigenvalue weighted by atomic mass is 10.2. The average Bonchev–Trinajstić information content (AvgIpc) is 2.85. The summed E-state index contributed by atoms with van der Waals surface area (Å²) in [6.07, 6.45) is 0.352. The Labute approximate surface area is 122 Å². The molecule has 21 heavy (non-hydrogen) atoms. The zero-order valence-corrected chi connectivity index (χ0v) is 12.6. The Morgan fingerprint density at radius 2 is 2.29 bits per heavy atom. The Bertz CT molecular complexity index is 716. The third-order valence-corrected chi connectivity index (χ3v) is 5.28. The quantitative estimate of drug-likeness (QED) is 0.809. The molecule has 1 unspecified atom stereocenters. The second-order valence-corrected chi connectivity index (χ2v) is 7.33. The van der Waals surface area contributed by atoms with E-state index in [-0.39, 0.29) is 23.6 Å². The molecule has 1 aliphatic heterocycles. The van der Waals surface area contributed by atoms with Gasteiger partial charge in [-0.25, -0.2) is 8.42 Å². The van der Waals surface area contributed by atoms with Crippen LogP contribution in [0.2, 0.25) is 0 Å². The van der Waals surface area contributed by atoms with E-state index in [0.717, 1.165) is 0 Å². The van der Waals surface area contributed by atoms with Crippen LogP contribution < -0.4 is 4.90 Å². The summed E-state index contributed by atoms with van der Waals surface area (Å²) in [4.78, 5) is 12.6. The van der Waals surface area contributed by atoms with Gasteiger partial charge in [-0.05, 0) is 13.3 Å². The van der Waals surface area contributed by atoms with Gasteiger partial charge in [-0.15, -0.1) is 0 Å². The number of hydrogen-bond acceptors (Lipinski definition) is 6. The van der Waals surface area contributed by atoms with Crippen LogP contribution in [0.3, 0.4) is 0 Å². The first-order valence-electron chi connectivity index (χ1n) is 6.37. The van der Waals surface area contributed by atoms with Gasteiger partial charge >= 0.3 is 5.97 Å². The highest BCUT2D eigenvalue weighted by atomic mass is 32.2. The van der Waals surface area contributed by atoms with E-state index >= 15 is 0 Å². The zero-order valence-electron chi connectivity index (χ0n) is 11.8. The predicted octanol–water partition coefficient (Wildman–Crippen LogP) is -0.322. The molecule has 1 aromatic heterocycles. The number of aryl methyl sites for hydroxylation is 2. The summed E-state index contributed by atoms with van der Waals surface area (Å²) in [6.45, 7) is 1.29. The van der Waals surface area contributed by atoms with Gasteiger partial charge in [0.05, 0.1) is 17.2 Å². The lowest BCUT2D eigenvalue weighted by Crippen LogP contribution is -2.41. The molecule has 2 rings (SSSR count). The lowest BCUT2D eigenvalue weighted by Gasteiger charge is -2.28. The van der Waals surface area contributed by atoms with Crippen LogP contribution in [0.5, 0.6) is 0 Å². The van der Waals surface area contributed by atoms with Crippen LogP contribution in [0.25, 0.3) is 0 Å². The van der Waals surface area contributed by atoms with E-state index in [9.17, 15) is 18.5 Å². The standard InChI is InChI=1S/C12H16N4O4S/c1-8-10(5-13)12(15(2)14-8)16(6-11(17)18)9-3-4-21(19,20)7-9/h9H,3-4,6-7H2,1-2H3,(H,17,18). The van der Waals surface area contributed by atoms with Crippen molar-refractivity contribution in [2.45, 2.75) is 19.4 Å². The van der Waals surface area contributed by atoms with E-state index in [1.54, 1.807) is 14.0 Å². The molecule has 8 nitrogen and oxygen atoms in total. The Hall–Kier alpha value is -2.08. The minimum absolute atomic E-state index is 0.0342. The van der Waals surface area contributed by atoms with Crippen LogP contribution in [0, 0.1) is 18.3 Å². The van der Waals surface area contributed by atoms with Crippen LogP contribution in [0.4, 0.5) is 5.82 Å². The maximum absolute atomic E-state index is 11.6. The molecule has 114 valence electrons. The van der Waals surface area contributed by atoms with Gasteiger partial charge in [-0.3, -0.25) is 9.48 Å². The molecule has 2 heterocycles. The molecule has 0 amide bonds. The molecule has 0 saturated carbocycles. The van der Waals surface area contributed by atoms with Crippen molar-refractivity contribution in [2.24, 2.45) is 7.05 Å². The number of nitrogens with zero attached hydrogens (tertiary/aromatic N) is 4. The van der Waals surface area contributed by atoms with E-state index in [2.05, 4.69) is 5.10 Å². The van der Waals surface area contributed by atoms with Gasteiger partial charge in [0.1, 0.15) is 24.0 Å². The van der Waals surface area contributed by atoms with Gasteiger partial charge in [-0.2, -0.15) is 10.4 Å². The van der Waals surface area contributed by atoms with Gasteiger partial charge in [-0.1, -0.05) is 0 Å². The van der Waals surface area contributed by atoms with E-state index < -0.39 is 21.8 Å². The molecule has 1 saturated heterocycles. The number of aromatic nitrogens is 2. The van der Waals surface area contributed by atoms with Crippen molar-refractivity contribution in [3.05, 3.63) is 11.3 Å². The second-order valence-electron chi connectivity index (χ2n) is 5.10. The number of carboxylic acids is 1. The molecule has 1 N–H and O–H groups in total. The van der Waals surface area contributed by atoms with Crippen LogP contribution >= 0.6 is 0 Å². The highest BCUT2D eigenvalue weighted by Crippen LogP contribution is 2.28. The Balaban J connectivity index is 2.47. The number of carboxylic acid groups (broad SMARTS) is 1. The van der Waals surface area contributed by atoms with Crippen LogP contribution in [-0.4, -0.2) is 53.4 Å². The predicted molar refractivity (Wildman–Crippen MR) is 74.7 cm³/mol. The number of sulfone groups is 1. The fourth-order valence-electron chi connectivity index (χ4n) is 2.65. The summed E-state index contributed by atoms with van der Waals surface area (Å²) >= 11 is 0. The monoisotopic (exact) mass is 312 g/mol. The third kappa shape index (κ3) is 3.00. The van der Waals surface area contributed by atoms with E-state index in [1.807, 2.05) is 6.07 Å². The summed E-state index contributed by atoms with van der Waals surface area (Å²) in [5, 5.41) is 22.5. The summed E-state index contributed by atoms with van der Waals surface area (Å²) in [7, 11) is -1.54. The Kier molecular flexibility index (Phi) is 3.91. The SMILES string of the molecule is Cc1nn(C)c(N(CC(=O)O)C2CCS(=O)(=O)C2)c1C#N. The first-order valence-corrected chi connectivity index (χ1v) is 8.20. The van der Waals surface area contributed by atoms with Crippen molar-refractivity contribution in [2.75, 3.05) is 23.0 Å². The van der Waals surface area contributed by atoms with E-state index in [1.165, 1.54) is 9.58 Å². The normalized spacial score (nSPS) is 20.1. The topological polar surface area (TPSA) is 116 Å². The molecular formula is C12H16N4O4S. The molecule has 0 aliphatic carbocycles. The summed E-state index contributed by atoms with van der Waals surface area (Å²) in [5.41, 5.74) is 0.772. The van der Waals surface area contributed by atoms with Crippen molar-refractivity contribution in [1.82, 2.24) is 9.78 Å². The highest BCUT2D eigenvalue weighted by molar-refractivity contribution is 7.91. The van der Waals surface area contributed by atoms with Gasteiger partial charge in [0, 0.05) is 13.1 Å². The van der Waals surface area contributed by atoms with Gasteiger partial charge in [0.25, 0.3) is 0 Å². The highest BCUT2D eigenvalue weighted by Gasteiger charge is 2.36. The molecule has 9 heteroatoms. The fraction of sp³-hybridized carbons (Fsp3) is 0.583. The maximum Gasteiger partial charge on any atom is 0.323 e. The van der Waals surface area contributed by atoms with Gasteiger partial charge in [0.15, 0.2) is 9.84 Å². The van der Waals surface area contributed by atoms with Crippen molar-refractivity contribution < 1.29 is 18.3 Å². The molecule has 1 fully saturated rings. The molecule has 0 aromatic carbocycles. The molecule has 1 aromatic rings. The van der Waals surface area contributed by atoms with E-state index in [0.29, 0.717) is 17.9 Å². The van der Waals surface area contributed by atoms with Crippen molar-refractivity contribution in [3.63, 3.8) is 0 Å². The largest absolute Gasteiger partial charge is 0.480 e. The second kappa shape index (κ2) is 5.37. The Morgan fingerprint density at radius 3 is 2.76 bits per heavy atom. The average molecular weight is 312 g/mol. The number of carbonyl (C=O) groups is 1. The number of rotatable bonds is 4. The first-order chi connectivity index (χ1) is 9.75. The van der Waals surface area contributed by atoms with Crippen molar-refractivity contribution in [1.29, 1.82) is 5.26 Å². The molecule has 0 radical (unpaired) electrons. The molecule has 1 aliphatic rings. The molecule has 0 bridgehead atoms. The first kappa shape index (κ1) is 15.3. The summed E-state index contributed by atoms with van der Waals surface area (Å²) in [6, 6.07) is 1.56. The molecular weight excluding hydrogens is 296 g/mol. The smallest absolute Gasteiger partial charge is 0.323 e. The van der Waals surface area contributed by atoms with Crippen LogP contribution in [-0.2, 0) is 21.7 Å². The summed E-state index contributed by atoms with van der Waals surface area (Å²) in [5.74, 6) is -0.788. The third-order valence-electron chi connectivity index (χ3n) is 3.53. The minimum atomic E-state index is -3.16. The number of anilines is 1. The van der Waals surface area contributed by atoms with Gasteiger partial charge in [0.2, 0.25) is 0 Å². The Morgan fingerprint density at radius 1 is 1.62 bits per heavy atom. The maximum atomic E-state index is 11.6. The zero-order chi connectivity index (χ0) is 15.8. The van der Waals surface area contributed by atoms with Gasteiger partial charge < -0.3 is 10.0 Å². The summed E-state index contributed by atoms with van der Waals surface area (Å²) < 4.78 is 24.7. The minimum Gasteiger partial charge on any atom is -0.480 e. The molecule has 1 atom stereocenters. The number of hydrogen-bond donors (Lipinski definition) is 1. The van der Waals surface area contributed by atoms with E-state index in [4.69, 9.17) is 5.11 Å². The van der Waals surface area contributed by atoms with Crippen molar-refractivity contribution in [3.8, 4) is 6.07 Å². The van der Waals surface area contributed by atoms with Crippen molar-refractivity contribution >= 4 is 21.6 Å². The fourth-order valence-corrected chi connectivity index (χ4v) is 4.38. The number of aliphatic carboxylic acids is 1. The van der Waals surface area contributed by atoms with Crippen LogP contribution in [0.15, 0.2) is 0 Å². The van der Waals surface area contributed by atoms with Crippen LogP contribution in [0.1, 0.15) is 17.7 Å². The lowest BCUT2D eigenvalue weighted by molar-refractivity contribution is -0.135. The number of nitriles is 1.